The minimum Gasteiger partial charge on any atom is -0.331 e. The number of rotatable bonds is 5. The van der Waals surface area contributed by atoms with Gasteiger partial charge in [0.05, 0.1) is 6.20 Å². The van der Waals surface area contributed by atoms with E-state index in [-0.39, 0.29) is 18.4 Å². The molecule has 2 heterocycles. The summed E-state index contributed by atoms with van der Waals surface area (Å²) in [5.41, 5.74) is 0. The van der Waals surface area contributed by atoms with Crippen molar-refractivity contribution < 1.29 is 9.59 Å². The highest BCUT2D eigenvalue weighted by atomic mass is 16.2. The number of imidazole rings is 1. The first-order valence-electron chi connectivity index (χ1n) is 5.66. The molecule has 0 aromatic carbocycles. The Morgan fingerprint density at radius 2 is 2.21 bits per heavy atom. The van der Waals surface area contributed by atoms with Crippen LogP contribution in [-0.2, 0) is 16.1 Å². The summed E-state index contributed by atoms with van der Waals surface area (Å²) < 4.78 is 1.32. The average Bonchev–Trinajstić information content (AvgIpc) is 3.01. The number of carbonyl (C=O) groups excluding carboxylic acids is 2. The molecule has 0 fully saturated rings. The highest BCUT2D eigenvalue weighted by molar-refractivity contribution is 5.90. The quantitative estimate of drug-likeness (QED) is 0.701. The predicted molar refractivity (Wildman–Crippen MR) is 66.2 cm³/mol. The van der Waals surface area contributed by atoms with Gasteiger partial charge in [-0.25, -0.2) is 9.67 Å². The summed E-state index contributed by atoms with van der Waals surface area (Å²) in [5.74, 6) is 0.225. The lowest BCUT2D eigenvalue weighted by Crippen LogP contribution is -2.19. The Kier molecular flexibility index (Phi) is 3.86. The molecular weight excluding hydrogens is 250 g/mol. The second kappa shape index (κ2) is 5.76. The molecule has 0 radical (unpaired) electrons. The number of hydrogen-bond donors (Lipinski definition) is 3. The minimum atomic E-state index is -0.298. The van der Waals surface area contributed by atoms with Crippen LogP contribution in [0.15, 0.2) is 18.6 Å². The first kappa shape index (κ1) is 12.7. The SMILES string of the molecule is CCC(=O)Nc1cn(CC(=O)Nc2ncc[nH]2)nn1. The number of H-pyrrole nitrogens is 1. The summed E-state index contributed by atoms with van der Waals surface area (Å²) in [5, 5.41) is 12.6. The zero-order chi connectivity index (χ0) is 13.7. The van der Waals surface area contributed by atoms with Gasteiger partial charge in [-0.2, -0.15) is 0 Å². The monoisotopic (exact) mass is 263 g/mol. The number of nitrogens with zero attached hydrogens (tertiary/aromatic N) is 4. The van der Waals surface area contributed by atoms with Gasteiger partial charge >= 0.3 is 0 Å². The van der Waals surface area contributed by atoms with Crippen molar-refractivity contribution in [2.45, 2.75) is 19.9 Å². The second-order valence-electron chi connectivity index (χ2n) is 3.69. The molecule has 0 aliphatic rings. The topological polar surface area (TPSA) is 118 Å². The van der Waals surface area contributed by atoms with Crippen LogP contribution in [0.5, 0.6) is 0 Å². The molecule has 100 valence electrons. The molecular formula is C10H13N7O2. The summed E-state index contributed by atoms with van der Waals surface area (Å²) in [6.07, 6.45) is 4.97. The van der Waals surface area contributed by atoms with Crippen molar-refractivity contribution in [2.75, 3.05) is 10.6 Å². The summed E-state index contributed by atoms with van der Waals surface area (Å²) in [4.78, 5) is 29.4. The van der Waals surface area contributed by atoms with Gasteiger partial charge in [-0.1, -0.05) is 12.1 Å². The molecule has 2 rings (SSSR count). The van der Waals surface area contributed by atoms with Crippen LogP contribution in [0.4, 0.5) is 11.8 Å². The van der Waals surface area contributed by atoms with Crippen LogP contribution in [0.3, 0.4) is 0 Å². The fourth-order valence-corrected chi connectivity index (χ4v) is 1.32. The molecule has 2 aromatic rings. The van der Waals surface area contributed by atoms with Crippen LogP contribution in [0.2, 0.25) is 0 Å². The third-order valence-corrected chi connectivity index (χ3v) is 2.19. The number of aromatic amines is 1. The molecule has 2 aromatic heterocycles. The van der Waals surface area contributed by atoms with Crippen molar-refractivity contribution in [2.24, 2.45) is 0 Å². The molecule has 0 aliphatic carbocycles. The molecule has 0 atom stereocenters. The van der Waals surface area contributed by atoms with Crippen LogP contribution in [-0.4, -0.2) is 36.8 Å². The third kappa shape index (κ3) is 3.63. The Labute approximate surface area is 108 Å². The molecule has 0 saturated heterocycles. The maximum absolute atomic E-state index is 11.6. The summed E-state index contributed by atoms with van der Waals surface area (Å²) in [7, 11) is 0. The maximum Gasteiger partial charge on any atom is 0.248 e. The number of nitrogens with one attached hydrogen (secondary N) is 3. The molecule has 2 amide bonds. The Morgan fingerprint density at radius 1 is 1.37 bits per heavy atom. The van der Waals surface area contributed by atoms with E-state index in [9.17, 15) is 9.59 Å². The number of amides is 2. The molecule has 0 saturated carbocycles. The normalized spacial score (nSPS) is 10.2. The lowest BCUT2D eigenvalue weighted by molar-refractivity contribution is -0.117. The van der Waals surface area contributed by atoms with Gasteiger partial charge in [-0.3, -0.25) is 14.9 Å². The first-order valence-corrected chi connectivity index (χ1v) is 5.66. The van der Waals surface area contributed by atoms with E-state index in [1.54, 1.807) is 13.1 Å². The second-order valence-corrected chi connectivity index (χ2v) is 3.69. The minimum absolute atomic E-state index is 0.0182. The highest BCUT2D eigenvalue weighted by Gasteiger charge is 2.08. The van der Waals surface area contributed by atoms with Crippen molar-refractivity contribution in [3.63, 3.8) is 0 Å². The van der Waals surface area contributed by atoms with Gasteiger partial charge in [0.1, 0.15) is 6.54 Å². The van der Waals surface area contributed by atoms with E-state index < -0.39 is 0 Å². The lowest BCUT2D eigenvalue weighted by atomic mass is 10.4. The van der Waals surface area contributed by atoms with E-state index in [2.05, 4.69) is 30.9 Å². The molecule has 0 bridgehead atoms. The van der Waals surface area contributed by atoms with Gasteiger partial charge in [0.2, 0.25) is 17.8 Å². The van der Waals surface area contributed by atoms with Gasteiger partial charge in [-0.15, -0.1) is 5.10 Å². The van der Waals surface area contributed by atoms with Gasteiger partial charge in [0.25, 0.3) is 0 Å². The molecule has 9 heteroatoms. The average molecular weight is 263 g/mol. The third-order valence-electron chi connectivity index (χ3n) is 2.19. The van der Waals surface area contributed by atoms with E-state index in [0.29, 0.717) is 18.2 Å². The van der Waals surface area contributed by atoms with Crippen molar-refractivity contribution in [1.29, 1.82) is 0 Å². The standard InChI is InChI=1S/C10H13N7O2/c1-2-8(18)13-7-5-17(16-15-7)6-9(19)14-10-11-3-4-12-10/h3-5H,2,6H2,1H3,(H,13,18)(H2,11,12,14,19). The number of aromatic nitrogens is 5. The van der Waals surface area contributed by atoms with Gasteiger partial charge in [0.15, 0.2) is 5.82 Å². The van der Waals surface area contributed by atoms with Gasteiger partial charge < -0.3 is 10.3 Å². The maximum atomic E-state index is 11.6. The fraction of sp³-hybridized carbons (Fsp3) is 0.300. The zero-order valence-corrected chi connectivity index (χ0v) is 10.3. The lowest BCUT2D eigenvalue weighted by Gasteiger charge is -2.00. The van der Waals surface area contributed by atoms with Crippen LogP contribution < -0.4 is 10.6 Å². The van der Waals surface area contributed by atoms with E-state index in [0.717, 1.165) is 0 Å². The molecule has 9 nitrogen and oxygen atoms in total. The summed E-state index contributed by atoms with van der Waals surface area (Å²) in [6.45, 7) is 1.71. The van der Waals surface area contributed by atoms with Gasteiger partial charge in [-0.05, 0) is 0 Å². The van der Waals surface area contributed by atoms with E-state index in [1.165, 1.54) is 17.1 Å². The Hall–Kier alpha value is -2.71. The Balaban J connectivity index is 1.89. The predicted octanol–water partition coefficient (Wildman–Crippen LogP) is -0.0116. The van der Waals surface area contributed by atoms with Crippen LogP contribution in [0.25, 0.3) is 0 Å². The Bertz CT molecular complexity index is 560. The first-order chi connectivity index (χ1) is 9.17. The Morgan fingerprint density at radius 3 is 2.89 bits per heavy atom. The van der Waals surface area contributed by atoms with Crippen molar-refractivity contribution >= 4 is 23.6 Å². The van der Waals surface area contributed by atoms with Crippen molar-refractivity contribution in [1.82, 2.24) is 25.0 Å². The van der Waals surface area contributed by atoms with Crippen LogP contribution in [0.1, 0.15) is 13.3 Å². The van der Waals surface area contributed by atoms with Crippen molar-refractivity contribution in [3.05, 3.63) is 18.6 Å². The summed E-state index contributed by atoms with van der Waals surface area (Å²) >= 11 is 0. The molecule has 0 spiro atoms. The highest BCUT2D eigenvalue weighted by Crippen LogP contribution is 2.01. The van der Waals surface area contributed by atoms with Gasteiger partial charge in [0, 0.05) is 18.8 Å². The van der Waals surface area contributed by atoms with E-state index >= 15 is 0 Å². The summed E-state index contributed by atoms with van der Waals surface area (Å²) in [6, 6.07) is 0. The molecule has 0 unspecified atom stereocenters. The zero-order valence-electron chi connectivity index (χ0n) is 10.3. The molecule has 3 N–H and O–H groups in total. The van der Waals surface area contributed by atoms with Crippen LogP contribution in [0, 0.1) is 0 Å². The van der Waals surface area contributed by atoms with E-state index in [1.807, 2.05) is 0 Å². The smallest absolute Gasteiger partial charge is 0.248 e. The largest absolute Gasteiger partial charge is 0.331 e. The number of anilines is 2. The number of carbonyl (C=O) groups is 2. The van der Waals surface area contributed by atoms with E-state index in [4.69, 9.17) is 0 Å². The van der Waals surface area contributed by atoms with Crippen LogP contribution >= 0.6 is 0 Å². The fourth-order valence-electron chi connectivity index (χ4n) is 1.32. The molecule has 0 aliphatic heterocycles. The molecule has 19 heavy (non-hydrogen) atoms. The number of hydrogen-bond acceptors (Lipinski definition) is 5. The van der Waals surface area contributed by atoms with Crippen molar-refractivity contribution in [3.8, 4) is 0 Å².